The van der Waals surface area contributed by atoms with Crippen LogP contribution in [0.5, 0.6) is 0 Å². The lowest BCUT2D eigenvalue weighted by atomic mass is 9.99. The lowest BCUT2D eigenvalue weighted by Crippen LogP contribution is -2.38. The van der Waals surface area contributed by atoms with Gasteiger partial charge in [0, 0.05) is 31.4 Å². The Labute approximate surface area is 103 Å². The van der Waals surface area contributed by atoms with E-state index in [9.17, 15) is 0 Å². The summed E-state index contributed by atoms with van der Waals surface area (Å²) in [4.78, 5) is 0. The molecule has 0 amide bonds. The Balaban J connectivity index is 2.38. The Morgan fingerprint density at radius 2 is 2.24 bits per heavy atom. The van der Waals surface area contributed by atoms with Crippen molar-refractivity contribution >= 4 is 0 Å². The molecule has 0 bridgehead atoms. The summed E-state index contributed by atoms with van der Waals surface area (Å²) >= 11 is 0. The summed E-state index contributed by atoms with van der Waals surface area (Å²) < 4.78 is 1.78. The largest absolute Gasteiger partial charge is 0.396 e. The monoisotopic (exact) mass is 240 g/mol. The highest BCUT2D eigenvalue weighted by atomic mass is 16.3. The second-order valence-electron chi connectivity index (χ2n) is 5.04. The quantitative estimate of drug-likeness (QED) is 0.719. The molecule has 0 fully saturated rings. The molecule has 1 aromatic heterocycles. The predicted molar refractivity (Wildman–Crippen MR) is 67.6 cm³/mol. The molecule has 5 heteroatoms. The number of aliphatic hydroxyl groups excluding tert-OH is 1. The first kappa shape index (κ1) is 14.1. The van der Waals surface area contributed by atoms with Gasteiger partial charge >= 0.3 is 0 Å². The van der Waals surface area contributed by atoms with Gasteiger partial charge in [-0.25, -0.2) is 0 Å². The minimum atomic E-state index is 0.142. The van der Waals surface area contributed by atoms with Gasteiger partial charge in [-0.1, -0.05) is 18.6 Å². The van der Waals surface area contributed by atoms with E-state index in [4.69, 9.17) is 5.11 Å². The molecule has 5 nitrogen and oxygen atoms in total. The summed E-state index contributed by atoms with van der Waals surface area (Å²) in [7, 11) is 0. The number of hydrogen-bond acceptors (Lipinski definition) is 4. The van der Waals surface area contributed by atoms with Gasteiger partial charge in [-0.2, -0.15) is 0 Å². The SMILES string of the molecule is CCCC(C)(C)NCc1cn(CCCO)nn1. The number of aryl methyl sites for hydroxylation is 1. The maximum absolute atomic E-state index is 8.73. The fourth-order valence-electron chi connectivity index (χ4n) is 1.80. The number of aliphatic hydroxyl groups is 1. The third-order valence-electron chi connectivity index (χ3n) is 2.75. The molecular formula is C12H24N4O. The highest BCUT2D eigenvalue weighted by Gasteiger charge is 2.15. The van der Waals surface area contributed by atoms with Gasteiger partial charge in [0.15, 0.2) is 0 Å². The summed E-state index contributed by atoms with van der Waals surface area (Å²) in [6.07, 6.45) is 4.97. The summed E-state index contributed by atoms with van der Waals surface area (Å²) in [5, 5.41) is 20.3. The minimum Gasteiger partial charge on any atom is -0.396 e. The van der Waals surface area contributed by atoms with Crippen molar-refractivity contribution in [2.45, 2.75) is 58.7 Å². The number of nitrogens with one attached hydrogen (secondary N) is 1. The average molecular weight is 240 g/mol. The third kappa shape index (κ3) is 5.28. The second-order valence-corrected chi connectivity index (χ2v) is 5.04. The normalized spacial score (nSPS) is 12.0. The molecule has 0 atom stereocenters. The van der Waals surface area contributed by atoms with Gasteiger partial charge in [0.2, 0.25) is 0 Å². The molecule has 0 aliphatic carbocycles. The topological polar surface area (TPSA) is 63.0 Å². The van der Waals surface area contributed by atoms with Crippen molar-refractivity contribution in [3.63, 3.8) is 0 Å². The fraction of sp³-hybridized carbons (Fsp3) is 0.833. The first-order chi connectivity index (χ1) is 8.07. The molecule has 0 aromatic carbocycles. The molecule has 0 aliphatic heterocycles. The van der Waals surface area contributed by atoms with Crippen LogP contribution >= 0.6 is 0 Å². The lowest BCUT2D eigenvalue weighted by Gasteiger charge is -2.25. The van der Waals surface area contributed by atoms with Crippen molar-refractivity contribution < 1.29 is 5.11 Å². The van der Waals surface area contributed by atoms with Crippen molar-refractivity contribution in [1.82, 2.24) is 20.3 Å². The number of rotatable bonds is 8. The Morgan fingerprint density at radius 3 is 2.88 bits per heavy atom. The zero-order chi connectivity index (χ0) is 12.7. The Bertz CT molecular complexity index is 322. The van der Waals surface area contributed by atoms with Crippen molar-refractivity contribution in [1.29, 1.82) is 0 Å². The van der Waals surface area contributed by atoms with Gasteiger partial charge in [-0.3, -0.25) is 4.68 Å². The minimum absolute atomic E-state index is 0.142. The molecule has 17 heavy (non-hydrogen) atoms. The van der Waals surface area contributed by atoms with E-state index in [1.54, 1.807) is 4.68 Å². The maximum Gasteiger partial charge on any atom is 0.0965 e. The van der Waals surface area contributed by atoms with Crippen LogP contribution in [0.4, 0.5) is 0 Å². The fourth-order valence-corrected chi connectivity index (χ4v) is 1.80. The van der Waals surface area contributed by atoms with Gasteiger partial charge < -0.3 is 10.4 Å². The van der Waals surface area contributed by atoms with Crippen LogP contribution in [0, 0.1) is 0 Å². The predicted octanol–water partition coefficient (Wildman–Crippen LogP) is 1.33. The van der Waals surface area contributed by atoms with Crippen LogP contribution in [0.15, 0.2) is 6.20 Å². The van der Waals surface area contributed by atoms with Crippen LogP contribution < -0.4 is 5.32 Å². The van der Waals surface area contributed by atoms with Crippen LogP contribution in [-0.4, -0.2) is 32.2 Å². The molecule has 98 valence electrons. The molecule has 0 saturated carbocycles. The van der Waals surface area contributed by atoms with Crippen LogP contribution in [-0.2, 0) is 13.1 Å². The van der Waals surface area contributed by atoms with E-state index < -0.39 is 0 Å². The van der Waals surface area contributed by atoms with Gasteiger partial charge in [0.1, 0.15) is 0 Å². The zero-order valence-corrected chi connectivity index (χ0v) is 11.1. The summed E-state index contributed by atoms with van der Waals surface area (Å²) in [6, 6.07) is 0. The Hall–Kier alpha value is -0.940. The van der Waals surface area contributed by atoms with Crippen LogP contribution in [0.3, 0.4) is 0 Å². The first-order valence-electron chi connectivity index (χ1n) is 6.32. The molecule has 0 aliphatic rings. The van der Waals surface area contributed by atoms with E-state index in [-0.39, 0.29) is 12.1 Å². The number of aromatic nitrogens is 3. The molecular weight excluding hydrogens is 216 g/mol. The average Bonchev–Trinajstić information content (AvgIpc) is 2.72. The first-order valence-corrected chi connectivity index (χ1v) is 6.32. The molecule has 0 unspecified atom stereocenters. The maximum atomic E-state index is 8.73. The van der Waals surface area contributed by atoms with Gasteiger partial charge in [0.05, 0.1) is 5.69 Å². The van der Waals surface area contributed by atoms with E-state index in [1.165, 1.54) is 6.42 Å². The smallest absolute Gasteiger partial charge is 0.0965 e. The summed E-state index contributed by atoms with van der Waals surface area (Å²) in [6.45, 7) is 8.25. The summed E-state index contributed by atoms with van der Waals surface area (Å²) in [5.41, 5.74) is 1.09. The second kappa shape index (κ2) is 6.71. The molecule has 1 rings (SSSR count). The highest BCUT2D eigenvalue weighted by molar-refractivity contribution is 4.93. The van der Waals surface area contributed by atoms with Crippen molar-refractivity contribution in [3.8, 4) is 0 Å². The molecule has 0 saturated heterocycles. The molecule has 2 N–H and O–H groups in total. The Morgan fingerprint density at radius 1 is 1.47 bits per heavy atom. The van der Waals surface area contributed by atoms with Crippen LogP contribution in [0.1, 0.15) is 45.7 Å². The van der Waals surface area contributed by atoms with Crippen molar-refractivity contribution in [2.24, 2.45) is 0 Å². The van der Waals surface area contributed by atoms with Gasteiger partial charge in [-0.15, -0.1) is 5.10 Å². The number of hydrogen-bond donors (Lipinski definition) is 2. The van der Waals surface area contributed by atoms with E-state index in [0.29, 0.717) is 0 Å². The molecule has 1 aromatic rings. The van der Waals surface area contributed by atoms with E-state index in [2.05, 4.69) is 36.4 Å². The summed E-state index contributed by atoms with van der Waals surface area (Å²) in [5.74, 6) is 0. The standard InChI is InChI=1S/C12H24N4O/c1-4-6-12(2,3)13-9-11-10-16(15-14-11)7-5-8-17/h10,13,17H,4-9H2,1-3H3. The van der Waals surface area contributed by atoms with Crippen LogP contribution in [0.2, 0.25) is 0 Å². The van der Waals surface area contributed by atoms with Gasteiger partial charge in [-0.05, 0) is 26.7 Å². The van der Waals surface area contributed by atoms with E-state index in [0.717, 1.165) is 31.6 Å². The van der Waals surface area contributed by atoms with Crippen molar-refractivity contribution in [2.75, 3.05) is 6.61 Å². The Kier molecular flexibility index (Phi) is 5.58. The molecule has 1 heterocycles. The molecule has 0 spiro atoms. The van der Waals surface area contributed by atoms with Crippen LogP contribution in [0.25, 0.3) is 0 Å². The van der Waals surface area contributed by atoms with Crippen molar-refractivity contribution in [3.05, 3.63) is 11.9 Å². The van der Waals surface area contributed by atoms with E-state index >= 15 is 0 Å². The molecule has 0 radical (unpaired) electrons. The lowest BCUT2D eigenvalue weighted by molar-refractivity contribution is 0.276. The zero-order valence-electron chi connectivity index (χ0n) is 11.1. The van der Waals surface area contributed by atoms with Gasteiger partial charge in [0.25, 0.3) is 0 Å². The highest BCUT2D eigenvalue weighted by Crippen LogP contribution is 2.11. The van der Waals surface area contributed by atoms with E-state index in [1.807, 2.05) is 6.20 Å². The number of nitrogens with zero attached hydrogens (tertiary/aromatic N) is 3. The third-order valence-corrected chi connectivity index (χ3v) is 2.75.